The van der Waals surface area contributed by atoms with Gasteiger partial charge in [0.1, 0.15) is 0 Å². The van der Waals surface area contributed by atoms with Crippen molar-refractivity contribution in [3.8, 4) is 0 Å². The molecule has 1 aromatic carbocycles. The van der Waals surface area contributed by atoms with E-state index in [1.54, 1.807) is 19.1 Å². The monoisotopic (exact) mass is 470 g/mol. The van der Waals surface area contributed by atoms with E-state index in [2.05, 4.69) is 25.2 Å². The number of rotatable bonds is 8. The number of halogens is 2. The summed E-state index contributed by atoms with van der Waals surface area (Å²) in [5, 5.41) is 0. The van der Waals surface area contributed by atoms with Gasteiger partial charge in [0.2, 0.25) is 0 Å². The maximum absolute atomic E-state index is 14.4. The predicted octanol–water partition coefficient (Wildman–Crippen LogP) is 9.19. The maximum atomic E-state index is 14.4. The van der Waals surface area contributed by atoms with E-state index in [1.807, 2.05) is 0 Å². The second-order valence-corrected chi connectivity index (χ2v) is 11.2. The fourth-order valence-electron chi connectivity index (χ4n) is 6.53. The Morgan fingerprint density at radius 1 is 0.882 bits per heavy atom. The standard InChI is InChI=1S/C31H44F2O/c1-3-4-5-6-23-12-17-27(18-13-23)29-20-14-25(21-34-29)9-8-24-10-15-26(16-11-24)28-19-7-22(2)30(32)31(28)33/h3-4,7,15,19,23-25,27,29H,5-6,8-14,16-18,20-21H2,1-2H3. The van der Waals surface area contributed by atoms with Gasteiger partial charge in [0.05, 0.1) is 6.10 Å². The molecule has 0 aromatic heterocycles. The zero-order valence-electron chi connectivity index (χ0n) is 21.3. The number of allylic oxidation sites excluding steroid dienone is 4. The normalized spacial score (nSPS) is 30.5. The molecular formula is C31H44F2O. The molecule has 0 N–H and O–H groups in total. The van der Waals surface area contributed by atoms with Crippen LogP contribution >= 0.6 is 0 Å². The molecule has 4 rings (SSSR count). The van der Waals surface area contributed by atoms with Gasteiger partial charge in [-0.2, -0.15) is 0 Å². The third-order valence-electron chi connectivity index (χ3n) is 8.92. The van der Waals surface area contributed by atoms with E-state index in [4.69, 9.17) is 4.74 Å². The Bertz CT molecular complexity index is 841. The quantitative estimate of drug-likeness (QED) is 0.344. The van der Waals surface area contributed by atoms with Crippen LogP contribution in [0, 0.1) is 42.2 Å². The number of ether oxygens (including phenoxy) is 1. The molecule has 1 aliphatic heterocycles. The summed E-state index contributed by atoms with van der Waals surface area (Å²) in [7, 11) is 0. The van der Waals surface area contributed by atoms with Crippen molar-refractivity contribution in [2.75, 3.05) is 6.61 Å². The van der Waals surface area contributed by atoms with Crippen molar-refractivity contribution >= 4 is 5.57 Å². The molecular weight excluding hydrogens is 426 g/mol. The van der Waals surface area contributed by atoms with Gasteiger partial charge >= 0.3 is 0 Å². The summed E-state index contributed by atoms with van der Waals surface area (Å²) in [6.07, 6.45) is 23.2. The minimum Gasteiger partial charge on any atom is -0.378 e. The van der Waals surface area contributed by atoms with Crippen LogP contribution in [-0.4, -0.2) is 12.7 Å². The van der Waals surface area contributed by atoms with Crippen LogP contribution in [0.15, 0.2) is 30.4 Å². The van der Waals surface area contributed by atoms with Crippen LogP contribution in [0.1, 0.15) is 102 Å². The van der Waals surface area contributed by atoms with E-state index in [1.165, 1.54) is 64.2 Å². The molecule has 0 spiro atoms. The van der Waals surface area contributed by atoms with Crippen LogP contribution in [0.3, 0.4) is 0 Å². The zero-order valence-corrected chi connectivity index (χ0v) is 21.3. The minimum absolute atomic E-state index is 0.375. The van der Waals surface area contributed by atoms with E-state index in [9.17, 15) is 8.78 Å². The molecule has 0 amide bonds. The van der Waals surface area contributed by atoms with E-state index >= 15 is 0 Å². The van der Waals surface area contributed by atoms with Crippen LogP contribution in [0.5, 0.6) is 0 Å². The van der Waals surface area contributed by atoms with Crippen LogP contribution in [0.25, 0.3) is 5.57 Å². The molecule has 1 saturated heterocycles. The van der Waals surface area contributed by atoms with Crippen molar-refractivity contribution in [2.24, 2.45) is 23.7 Å². The molecule has 2 fully saturated rings. The number of aryl methyl sites for hydroxylation is 1. The third-order valence-corrected chi connectivity index (χ3v) is 8.92. The van der Waals surface area contributed by atoms with Crippen molar-refractivity contribution < 1.29 is 13.5 Å². The lowest BCUT2D eigenvalue weighted by molar-refractivity contribution is -0.0604. The van der Waals surface area contributed by atoms with Gasteiger partial charge in [-0.1, -0.05) is 43.2 Å². The summed E-state index contributed by atoms with van der Waals surface area (Å²) in [4.78, 5) is 0. The van der Waals surface area contributed by atoms with Gasteiger partial charge in [0.15, 0.2) is 11.6 Å². The third kappa shape index (κ3) is 6.59. The van der Waals surface area contributed by atoms with Crippen molar-refractivity contribution in [1.29, 1.82) is 0 Å². The molecule has 34 heavy (non-hydrogen) atoms. The van der Waals surface area contributed by atoms with Crippen LogP contribution < -0.4 is 0 Å². The molecule has 3 heteroatoms. The molecule has 0 bridgehead atoms. The topological polar surface area (TPSA) is 9.23 Å². The van der Waals surface area contributed by atoms with E-state index in [-0.39, 0.29) is 0 Å². The molecule has 188 valence electrons. The summed E-state index contributed by atoms with van der Waals surface area (Å²) in [6.45, 7) is 4.67. The number of benzene rings is 1. The molecule has 2 aliphatic carbocycles. The minimum atomic E-state index is -0.700. The first-order valence-electron chi connectivity index (χ1n) is 13.9. The Labute approximate surface area is 206 Å². The largest absolute Gasteiger partial charge is 0.378 e. The average molecular weight is 471 g/mol. The molecule has 1 heterocycles. The van der Waals surface area contributed by atoms with E-state index < -0.39 is 11.6 Å². The van der Waals surface area contributed by atoms with Gasteiger partial charge in [0, 0.05) is 12.2 Å². The second-order valence-electron chi connectivity index (χ2n) is 11.2. The average Bonchev–Trinajstić information content (AvgIpc) is 2.88. The summed E-state index contributed by atoms with van der Waals surface area (Å²) in [5.41, 5.74) is 1.81. The van der Waals surface area contributed by atoms with Gasteiger partial charge in [-0.15, -0.1) is 0 Å². The van der Waals surface area contributed by atoms with Crippen LogP contribution in [-0.2, 0) is 4.74 Å². The molecule has 3 atom stereocenters. The highest BCUT2D eigenvalue weighted by atomic mass is 19.2. The smallest absolute Gasteiger partial charge is 0.166 e. The lowest BCUT2D eigenvalue weighted by Crippen LogP contribution is -2.34. The molecule has 0 radical (unpaired) electrons. The Balaban J connectivity index is 1.15. The highest BCUT2D eigenvalue weighted by Crippen LogP contribution is 2.39. The van der Waals surface area contributed by atoms with Gasteiger partial charge in [-0.25, -0.2) is 8.78 Å². The maximum Gasteiger partial charge on any atom is 0.166 e. The lowest BCUT2D eigenvalue weighted by atomic mass is 9.75. The highest BCUT2D eigenvalue weighted by molar-refractivity contribution is 5.67. The molecule has 1 aromatic rings. The van der Waals surface area contributed by atoms with Gasteiger partial charge in [-0.05, 0) is 119 Å². The summed E-state index contributed by atoms with van der Waals surface area (Å²) in [5.74, 6) is 1.69. The summed E-state index contributed by atoms with van der Waals surface area (Å²) >= 11 is 0. The molecule has 1 nitrogen and oxygen atoms in total. The lowest BCUT2D eigenvalue weighted by Gasteiger charge is -2.38. The fourth-order valence-corrected chi connectivity index (χ4v) is 6.53. The van der Waals surface area contributed by atoms with E-state index in [0.717, 1.165) is 43.3 Å². The van der Waals surface area contributed by atoms with Gasteiger partial charge < -0.3 is 4.74 Å². The zero-order chi connectivity index (χ0) is 23.9. The van der Waals surface area contributed by atoms with Crippen molar-refractivity contribution in [3.05, 3.63) is 53.1 Å². The highest BCUT2D eigenvalue weighted by Gasteiger charge is 2.31. The van der Waals surface area contributed by atoms with Gasteiger partial charge in [-0.3, -0.25) is 0 Å². The van der Waals surface area contributed by atoms with Crippen molar-refractivity contribution in [1.82, 2.24) is 0 Å². The molecule has 3 unspecified atom stereocenters. The van der Waals surface area contributed by atoms with Crippen molar-refractivity contribution in [3.63, 3.8) is 0 Å². The predicted molar refractivity (Wildman–Crippen MR) is 138 cm³/mol. The number of hydrogen-bond donors (Lipinski definition) is 0. The van der Waals surface area contributed by atoms with E-state index in [0.29, 0.717) is 29.1 Å². The molecule has 1 saturated carbocycles. The van der Waals surface area contributed by atoms with Gasteiger partial charge in [0.25, 0.3) is 0 Å². The Kier molecular flexibility index (Phi) is 9.39. The first-order valence-corrected chi connectivity index (χ1v) is 13.9. The Morgan fingerprint density at radius 2 is 1.65 bits per heavy atom. The summed E-state index contributed by atoms with van der Waals surface area (Å²) < 4.78 is 34.7. The Morgan fingerprint density at radius 3 is 2.32 bits per heavy atom. The van der Waals surface area contributed by atoms with Crippen LogP contribution in [0.4, 0.5) is 8.78 Å². The van der Waals surface area contributed by atoms with Crippen LogP contribution in [0.2, 0.25) is 0 Å². The Hall–Kier alpha value is -1.48. The number of hydrogen-bond acceptors (Lipinski definition) is 1. The second kappa shape index (κ2) is 12.5. The van der Waals surface area contributed by atoms with Crippen molar-refractivity contribution in [2.45, 2.75) is 103 Å². The fraction of sp³-hybridized carbons (Fsp3) is 0.677. The molecule has 3 aliphatic rings. The first kappa shape index (κ1) is 25.6. The summed E-state index contributed by atoms with van der Waals surface area (Å²) in [6, 6.07) is 3.43. The SMILES string of the molecule is CC=CCCC1CCC(C2CCC(CCC3CC=C(c4ccc(C)c(F)c4F)CC3)CO2)CC1. The first-order chi connectivity index (χ1) is 16.5.